The van der Waals surface area contributed by atoms with Crippen LogP contribution in [-0.2, 0) is 6.54 Å². The number of halogens is 1. The van der Waals surface area contributed by atoms with Crippen LogP contribution in [0.5, 0.6) is 0 Å². The highest BCUT2D eigenvalue weighted by Crippen LogP contribution is 2.21. The SMILES string of the molecule is CCNC(=NCc1ccc(N2CCN(C)CC2)nc1)NC1CCN(c2ncccc2F)C1. The Labute approximate surface area is 189 Å². The van der Waals surface area contributed by atoms with E-state index < -0.39 is 0 Å². The molecular formula is C23H33FN8. The third-order valence-corrected chi connectivity index (χ3v) is 5.97. The Balaban J connectivity index is 1.33. The molecule has 0 saturated carbocycles. The smallest absolute Gasteiger partial charge is 0.191 e. The maximum absolute atomic E-state index is 14.1. The van der Waals surface area contributed by atoms with Crippen molar-refractivity contribution < 1.29 is 4.39 Å². The van der Waals surface area contributed by atoms with Crippen molar-refractivity contribution >= 4 is 17.6 Å². The third-order valence-electron chi connectivity index (χ3n) is 5.97. The van der Waals surface area contributed by atoms with E-state index in [0.29, 0.717) is 18.9 Å². The summed E-state index contributed by atoms with van der Waals surface area (Å²) in [4.78, 5) is 20.2. The molecule has 2 fully saturated rings. The van der Waals surface area contributed by atoms with Gasteiger partial charge in [0.1, 0.15) is 5.82 Å². The lowest BCUT2D eigenvalue weighted by atomic mass is 10.2. The minimum absolute atomic E-state index is 0.187. The highest BCUT2D eigenvalue weighted by molar-refractivity contribution is 5.80. The quantitative estimate of drug-likeness (QED) is 0.523. The van der Waals surface area contributed by atoms with Crippen LogP contribution in [0.3, 0.4) is 0 Å². The number of likely N-dealkylation sites (N-methyl/N-ethyl adjacent to an activating group) is 1. The summed E-state index contributed by atoms with van der Waals surface area (Å²) >= 11 is 0. The summed E-state index contributed by atoms with van der Waals surface area (Å²) in [7, 11) is 2.15. The van der Waals surface area contributed by atoms with Crippen LogP contribution in [-0.4, -0.2) is 79.7 Å². The van der Waals surface area contributed by atoms with Crippen molar-refractivity contribution in [2.45, 2.75) is 25.9 Å². The minimum Gasteiger partial charge on any atom is -0.357 e. The minimum atomic E-state index is -0.277. The molecule has 0 aromatic carbocycles. The molecule has 2 N–H and O–H groups in total. The van der Waals surface area contributed by atoms with Gasteiger partial charge in [-0.3, -0.25) is 0 Å². The predicted molar refractivity (Wildman–Crippen MR) is 127 cm³/mol. The second kappa shape index (κ2) is 10.6. The molecule has 1 unspecified atom stereocenters. The zero-order valence-corrected chi connectivity index (χ0v) is 19.0. The first-order chi connectivity index (χ1) is 15.6. The molecule has 32 heavy (non-hydrogen) atoms. The highest BCUT2D eigenvalue weighted by Gasteiger charge is 2.26. The van der Waals surface area contributed by atoms with E-state index in [-0.39, 0.29) is 11.9 Å². The molecule has 2 aliphatic heterocycles. The average molecular weight is 441 g/mol. The Kier molecular flexibility index (Phi) is 7.36. The molecule has 8 nitrogen and oxygen atoms in total. The van der Waals surface area contributed by atoms with Gasteiger partial charge < -0.3 is 25.3 Å². The zero-order valence-electron chi connectivity index (χ0n) is 19.0. The molecule has 2 aromatic heterocycles. The van der Waals surface area contributed by atoms with Crippen LogP contribution in [0.25, 0.3) is 0 Å². The number of rotatable bonds is 6. The van der Waals surface area contributed by atoms with Crippen molar-refractivity contribution in [2.75, 3.05) is 62.7 Å². The van der Waals surface area contributed by atoms with Gasteiger partial charge in [0.05, 0.1) is 6.54 Å². The zero-order chi connectivity index (χ0) is 22.3. The summed E-state index contributed by atoms with van der Waals surface area (Å²) in [6, 6.07) is 7.46. The number of hydrogen-bond acceptors (Lipinski definition) is 6. The fourth-order valence-corrected chi connectivity index (χ4v) is 4.10. The van der Waals surface area contributed by atoms with Gasteiger partial charge in [-0.25, -0.2) is 19.4 Å². The van der Waals surface area contributed by atoms with E-state index in [2.05, 4.69) is 49.6 Å². The number of nitrogens with one attached hydrogen (secondary N) is 2. The second-order valence-electron chi connectivity index (χ2n) is 8.39. The van der Waals surface area contributed by atoms with Gasteiger partial charge in [0.2, 0.25) is 0 Å². The molecule has 9 heteroatoms. The molecule has 1 atom stereocenters. The van der Waals surface area contributed by atoms with Gasteiger partial charge in [-0.2, -0.15) is 0 Å². The maximum atomic E-state index is 14.1. The van der Waals surface area contributed by atoms with Crippen LogP contribution in [0, 0.1) is 5.82 Å². The number of guanidine groups is 1. The standard InChI is InChI=1S/C23H33FN8/c1-3-25-23(29-19-8-10-32(17-19)22-20(24)5-4-9-26-22)28-16-18-6-7-21(27-15-18)31-13-11-30(2)12-14-31/h4-7,9,15,19H,3,8,10-14,16-17H2,1-2H3,(H2,25,28,29). The molecule has 172 valence electrons. The topological polar surface area (TPSA) is 71.9 Å². The van der Waals surface area contributed by atoms with E-state index in [0.717, 1.165) is 63.0 Å². The summed E-state index contributed by atoms with van der Waals surface area (Å²) in [5.74, 6) is 1.94. The Morgan fingerprint density at radius 1 is 1.12 bits per heavy atom. The molecule has 0 spiro atoms. The van der Waals surface area contributed by atoms with Crippen molar-refractivity contribution in [1.82, 2.24) is 25.5 Å². The Morgan fingerprint density at radius 2 is 1.97 bits per heavy atom. The first-order valence-corrected chi connectivity index (χ1v) is 11.4. The Hall–Kier alpha value is -2.94. The van der Waals surface area contributed by atoms with E-state index in [1.807, 2.05) is 18.0 Å². The summed E-state index contributed by atoms with van der Waals surface area (Å²) in [6.45, 7) is 8.99. The Bertz CT molecular complexity index is 895. The summed E-state index contributed by atoms with van der Waals surface area (Å²) < 4.78 is 14.1. The number of aromatic nitrogens is 2. The number of piperazine rings is 1. The number of hydrogen-bond donors (Lipinski definition) is 2. The lowest BCUT2D eigenvalue weighted by Gasteiger charge is -2.33. The second-order valence-corrected chi connectivity index (χ2v) is 8.39. The van der Waals surface area contributed by atoms with Crippen LogP contribution in [0.4, 0.5) is 16.0 Å². The van der Waals surface area contributed by atoms with Crippen molar-refractivity contribution in [1.29, 1.82) is 0 Å². The molecule has 0 aliphatic carbocycles. The van der Waals surface area contributed by atoms with Gasteiger partial charge in [-0.15, -0.1) is 0 Å². The molecule has 0 bridgehead atoms. The van der Waals surface area contributed by atoms with Crippen molar-refractivity contribution in [2.24, 2.45) is 4.99 Å². The van der Waals surface area contributed by atoms with Gasteiger partial charge in [-0.1, -0.05) is 6.07 Å². The van der Waals surface area contributed by atoms with Gasteiger partial charge in [-0.05, 0) is 44.2 Å². The molecule has 2 aliphatic rings. The normalized spacial score (nSPS) is 20.0. The summed E-state index contributed by atoms with van der Waals surface area (Å²) in [6.07, 6.45) is 4.46. The van der Waals surface area contributed by atoms with Crippen LogP contribution in [0.2, 0.25) is 0 Å². The molecule has 2 aromatic rings. The van der Waals surface area contributed by atoms with Crippen molar-refractivity contribution in [3.05, 3.63) is 48.0 Å². The fraction of sp³-hybridized carbons (Fsp3) is 0.522. The largest absolute Gasteiger partial charge is 0.357 e. The molecular weight excluding hydrogens is 407 g/mol. The van der Waals surface area contributed by atoms with E-state index in [1.165, 1.54) is 6.07 Å². The fourth-order valence-electron chi connectivity index (χ4n) is 4.10. The number of aliphatic imine (C=N–C) groups is 1. The monoisotopic (exact) mass is 440 g/mol. The Morgan fingerprint density at radius 3 is 2.69 bits per heavy atom. The molecule has 2 saturated heterocycles. The predicted octanol–water partition coefficient (Wildman–Crippen LogP) is 1.70. The molecule has 0 amide bonds. The van der Waals surface area contributed by atoms with Crippen LogP contribution in [0.1, 0.15) is 18.9 Å². The lowest BCUT2D eigenvalue weighted by Crippen LogP contribution is -2.44. The lowest BCUT2D eigenvalue weighted by molar-refractivity contribution is 0.312. The summed E-state index contributed by atoms with van der Waals surface area (Å²) in [5, 5.41) is 6.80. The van der Waals surface area contributed by atoms with Crippen molar-refractivity contribution in [3.63, 3.8) is 0 Å². The van der Waals surface area contributed by atoms with E-state index in [4.69, 9.17) is 4.99 Å². The molecule has 4 rings (SSSR count). The van der Waals surface area contributed by atoms with Gasteiger partial charge in [0.15, 0.2) is 17.6 Å². The third kappa shape index (κ3) is 5.64. The van der Waals surface area contributed by atoms with Crippen LogP contribution >= 0.6 is 0 Å². The maximum Gasteiger partial charge on any atom is 0.191 e. The highest BCUT2D eigenvalue weighted by atomic mass is 19.1. The molecule has 0 radical (unpaired) electrons. The summed E-state index contributed by atoms with van der Waals surface area (Å²) in [5.41, 5.74) is 1.07. The first-order valence-electron chi connectivity index (χ1n) is 11.4. The number of anilines is 2. The van der Waals surface area contributed by atoms with E-state index in [9.17, 15) is 4.39 Å². The van der Waals surface area contributed by atoms with E-state index >= 15 is 0 Å². The number of pyridine rings is 2. The van der Waals surface area contributed by atoms with Gasteiger partial charge in [0, 0.05) is 64.2 Å². The molecule has 4 heterocycles. The van der Waals surface area contributed by atoms with Gasteiger partial charge >= 0.3 is 0 Å². The first kappa shape index (κ1) is 22.3. The number of nitrogens with zero attached hydrogens (tertiary/aromatic N) is 6. The average Bonchev–Trinajstić information content (AvgIpc) is 3.27. The van der Waals surface area contributed by atoms with Gasteiger partial charge in [0.25, 0.3) is 0 Å². The van der Waals surface area contributed by atoms with E-state index in [1.54, 1.807) is 12.3 Å². The van der Waals surface area contributed by atoms with Crippen LogP contribution in [0.15, 0.2) is 41.7 Å². The van der Waals surface area contributed by atoms with Crippen LogP contribution < -0.4 is 20.4 Å². The van der Waals surface area contributed by atoms with Crippen molar-refractivity contribution in [3.8, 4) is 0 Å².